The lowest BCUT2D eigenvalue weighted by Crippen LogP contribution is -2.31. The summed E-state index contributed by atoms with van der Waals surface area (Å²) in [6.45, 7) is 2.04. The highest BCUT2D eigenvalue weighted by molar-refractivity contribution is 5.64. The molecular weight excluding hydrogens is 348 g/mol. The van der Waals surface area contributed by atoms with Gasteiger partial charge < -0.3 is 15.3 Å². The maximum Gasteiger partial charge on any atom is 0.123 e. The van der Waals surface area contributed by atoms with Gasteiger partial charge in [0.2, 0.25) is 0 Å². The van der Waals surface area contributed by atoms with Crippen molar-refractivity contribution >= 4 is 0 Å². The van der Waals surface area contributed by atoms with Crippen LogP contribution in [0.15, 0.2) is 96.8 Å². The SMILES string of the molecule is CC(c1ccc(-c2ccccc2)cc1)(c1ccc(O)cc1O)C1C=CC(O)=C1. The Kier molecular flexibility index (Phi) is 4.44. The highest BCUT2D eigenvalue weighted by Gasteiger charge is 2.39. The minimum atomic E-state index is -0.617. The van der Waals surface area contributed by atoms with Gasteiger partial charge in [0.25, 0.3) is 0 Å². The molecule has 0 fully saturated rings. The number of aromatic hydroxyl groups is 2. The van der Waals surface area contributed by atoms with Crippen LogP contribution in [0.25, 0.3) is 11.1 Å². The first kappa shape index (κ1) is 17.9. The van der Waals surface area contributed by atoms with Crippen molar-refractivity contribution in [3.8, 4) is 22.6 Å². The lowest BCUT2D eigenvalue weighted by Gasteiger charge is -2.35. The Morgan fingerprint density at radius 2 is 1.46 bits per heavy atom. The van der Waals surface area contributed by atoms with Crippen LogP contribution in [0.1, 0.15) is 18.1 Å². The number of phenolic OH excluding ortho intramolecular Hbond substituents is 2. The number of hydrogen-bond donors (Lipinski definition) is 3. The molecule has 3 nitrogen and oxygen atoms in total. The molecule has 3 aromatic rings. The van der Waals surface area contributed by atoms with E-state index in [1.807, 2.05) is 31.2 Å². The molecule has 0 bridgehead atoms. The van der Waals surface area contributed by atoms with Gasteiger partial charge in [0.15, 0.2) is 0 Å². The highest BCUT2D eigenvalue weighted by Crippen LogP contribution is 2.46. The van der Waals surface area contributed by atoms with Crippen molar-refractivity contribution in [3.63, 3.8) is 0 Å². The van der Waals surface area contributed by atoms with Crippen LogP contribution in [0.4, 0.5) is 0 Å². The van der Waals surface area contributed by atoms with E-state index in [1.165, 1.54) is 6.07 Å². The van der Waals surface area contributed by atoms with Crippen LogP contribution in [0, 0.1) is 5.92 Å². The van der Waals surface area contributed by atoms with Gasteiger partial charge in [-0.3, -0.25) is 0 Å². The van der Waals surface area contributed by atoms with E-state index in [9.17, 15) is 15.3 Å². The summed E-state index contributed by atoms with van der Waals surface area (Å²) in [6.07, 6.45) is 5.41. The van der Waals surface area contributed by atoms with Crippen LogP contribution < -0.4 is 0 Å². The zero-order valence-electron chi connectivity index (χ0n) is 15.6. The first-order valence-electron chi connectivity index (χ1n) is 9.26. The van der Waals surface area contributed by atoms with Crippen LogP contribution in [0.3, 0.4) is 0 Å². The molecule has 28 heavy (non-hydrogen) atoms. The number of allylic oxidation sites excluding steroid dienone is 3. The van der Waals surface area contributed by atoms with E-state index in [1.54, 1.807) is 24.3 Å². The number of aliphatic hydroxyl groups is 1. The smallest absolute Gasteiger partial charge is 0.123 e. The zero-order valence-corrected chi connectivity index (χ0v) is 15.6. The van der Waals surface area contributed by atoms with Crippen LogP contribution in [-0.2, 0) is 5.41 Å². The van der Waals surface area contributed by atoms with E-state index in [0.29, 0.717) is 5.56 Å². The van der Waals surface area contributed by atoms with Gasteiger partial charge in [-0.25, -0.2) is 0 Å². The minimum absolute atomic E-state index is 0.0170. The Bertz CT molecular complexity index is 1050. The molecule has 0 saturated heterocycles. The minimum Gasteiger partial charge on any atom is -0.508 e. The second kappa shape index (κ2) is 6.93. The summed E-state index contributed by atoms with van der Waals surface area (Å²) in [5.41, 5.74) is 3.34. The zero-order chi connectivity index (χ0) is 19.7. The second-order valence-corrected chi connectivity index (χ2v) is 7.32. The Morgan fingerprint density at radius 3 is 2.07 bits per heavy atom. The van der Waals surface area contributed by atoms with E-state index in [0.717, 1.165) is 16.7 Å². The summed E-state index contributed by atoms with van der Waals surface area (Å²) >= 11 is 0. The molecule has 3 heteroatoms. The van der Waals surface area contributed by atoms with Crippen molar-refractivity contribution in [2.24, 2.45) is 5.92 Å². The summed E-state index contributed by atoms with van der Waals surface area (Å²) in [5, 5.41) is 30.2. The third-order valence-corrected chi connectivity index (χ3v) is 5.62. The van der Waals surface area contributed by atoms with Crippen molar-refractivity contribution in [2.75, 3.05) is 0 Å². The molecule has 0 heterocycles. The monoisotopic (exact) mass is 370 g/mol. The second-order valence-electron chi connectivity index (χ2n) is 7.32. The van der Waals surface area contributed by atoms with Crippen LogP contribution in [0.5, 0.6) is 11.5 Å². The fraction of sp³-hybridized carbons (Fsp3) is 0.120. The summed E-state index contributed by atoms with van der Waals surface area (Å²) in [7, 11) is 0. The van der Waals surface area contributed by atoms with E-state index in [4.69, 9.17) is 0 Å². The largest absolute Gasteiger partial charge is 0.508 e. The molecule has 2 unspecified atom stereocenters. The molecule has 0 spiro atoms. The van der Waals surface area contributed by atoms with Crippen molar-refractivity contribution in [1.29, 1.82) is 0 Å². The fourth-order valence-corrected chi connectivity index (χ4v) is 3.98. The van der Waals surface area contributed by atoms with Crippen molar-refractivity contribution in [1.82, 2.24) is 0 Å². The Hall–Kier alpha value is -3.46. The molecular formula is C25H22O3. The van der Waals surface area contributed by atoms with Gasteiger partial charge in [-0.2, -0.15) is 0 Å². The molecule has 0 amide bonds. The van der Waals surface area contributed by atoms with E-state index < -0.39 is 5.41 Å². The van der Waals surface area contributed by atoms with Crippen molar-refractivity contribution < 1.29 is 15.3 Å². The van der Waals surface area contributed by atoms with Crippen molar-refractivity contribution in [3.05, 3.63) is 108 Å². The quantitative estimate of drug-likeness (QED) is 0.552. The van der Waals surface area contributed by atoms with Gasteiger partial charge in [0, 0.05) is 23.0 Å². The predicted octanol–water partition coefficient (Wildman–Crippen LogP) is 5.70. The number of rotatable bonds is 4. The average Bonchev–Trinajstić information content (AvgIpc) is 3.15. The maximum atomic E-state index is 10.6. The molecule has 1 aliphatic carbocycles. The van der Waals surface area contributed by atoms with Gasteiger partial charge in [0.05, 0.1) is 0 Å². The molecule has 4 rings (SSSR count). The number of aliphatic hydroxyl groups excluding tert-OH is 1. The first-order valence-corrected chi connectivity index (χ1v) is 9.26. The van der Waals surface area contributed by atoms with Gasteiger partial charge in [0.1, 0.15) is 17.3 Å². The van der Waals surface area contributed by atoms with E-state index in [2.05, 4.69) is 36.4 Å². The van der Waals surface area contributed by atoms with Gasteiger partial charge in [-0.15, -0.1) is 0 Å². The Balaban J connectivity index is 1.83. The number of hydrogen-bond acceptors (Lipinski definition) is 3. The third-order valence-electron chi connectivity index (χ3n) is 5.62. The first-order chi connectivity index (χ1) is 13.5. The lowest BCUT2D eigenvalue weighted by molar-refractivity contribution is 0.405. The highest BCUT2D eigenvalue weighted by atomic mass is 16.3. The molecule has 2 atom stereocenters. The molecule has 140 valence electrons. The van der Waals surface area contributed by atoms with E-state index >= 15 is 0 Å². The summed E-state index contributed by atoms with van der Waals surface area (Å²) < 4.78 is 0. The van der Waals surface area contributed by atoms with Crippen LogP contribution in [0.2, 0.25) is 0 Å². The molecule has 0 aromatic heterocycles. The standard InChI is InChI=1S/C25H22O3/c1-25(20-11-12-21(26)15-20,23-14-13-22(27)16-24(23)28)19-9-7-18(8-10-19)17-5-3-2-4-6-17/h2-16,20,26-28H,1H3. The summed E-state index contributed by atoms with van der Waals surface area (Å²) in [5.74, 6) is 0.132. The van der Waals surface area contributed by atoms with Gasteiger partial charge in [-0.1, -0.05) is 73.7 Å². The average molecular weight is 370 g/mol. The third kappa shape index (κ3) is 3.05. The van der Waals surface area contributed by atoms with E-state index in [-0.39, 0.29) is 23.2 Å². The van der Waals surface area contributed by atoms with Crippen LogP contribution in [-0.4, -0.2) is 15.3 Å². The molecule has 3 aromatic carbocycles. The number of benzene rings is 3. The molecule has 1 aliphatic rings. The molecule has 0 radical (unpaired) electrons. The number of phenols is 2. The van der Waals surface area contributed by atoms with Crippen LogP contribution >= 0.6 is 0 Å². The molecule has 0 aliphatic heterocycles. The Morgan fingerprint density at radius 1 is 0.786 bits per heavy atom. The summed E-state index contributed by atoms with van der Waals surface area (Å²) in [6, 6.07) is 23.1. The lowest BCUT2D eigenvalue weighted by atomic mass is 9.67. The summed E-state index contributed by atoms with van der Waals surface area (Å²) in [4.78, 5) is 0. The van der Waals surface area contributed by atoms with Gasteiger partial charge >= 0.3 is 0 Å². The molecule has 3 N–H and O–H groups in total. The normalized spacial score (nSPS) is 17.9. The van der Waals surface area contributed by atoms with Gasteiger partial charge in [-0.05, 0) is 34.9 Å². The van der Waals surface area contributed by atoms with Crippen molar-refractivity contribution in [2.45, 2.75) is 12.3 Å². The fourth-order valence-electron chi connectivity index (χ4n) is 3.98. The topological polar surface area (TPSA) is 60.7 Å². The maximum absolute atomic E-state index is 10.6. The predicted molar refractivity (Wildman–Crippen MR) is 111 cm³/mol. The molecule has 0 saturated carbocycles. The Labute approximate surface area is 164 Å².